The maximum absolute atomic E-state index is 5.58. The van der Waals surface area contributed by atoms with Gasteiger partial charge in [0.1, 0.15) is 0 Å². The maximum Gasteiger partial charge on any atom is 0.0626 e. The van der Waals surface area contributed by atoms with E-state index >= 15 is 0 Å². The highest BCUT2D eigenvalue weighted by Gasteiger charge is 2.28. The molecule has 1 aromatic carbocycles. The SMILES string of the molecule is CCOCCNC1COCC1c1ccccc1. The van der Waals surface area contributed by atoms with Crippen LogP contribution in [0.15, 0.2) is 30.3 Å². The van der Waals surface area contributed by atoms with E-state index in [-0.39, 0.29) is 0 Å². The quantitative estimate of drug-likeness (QED) is 0.763. The lowest BCUT2D eigenvalue weighted by molar-refractivity contribution is 0.144. The van der Waals surface area contributed by atoms with E-state index in [4.69, 9.17) is 9.47 Å². The molecule has 0 bridgehead atoms. The van der Waals surface area contributed by atoms with Crippen LogP contribution in [0.4, 0.5) is 0 Å². The van der Waals surface area contributed by atoms with Crippen molar-refractivity contribution in [1.29, 1.82) is 0 Å². The van der Waals surface area contributed by atoms with Crippen molar-refractivity contribution >= 4 is 0 Å². The molecule has 1 aliphatic heterocycles. The number of hydrogen-bond donors (Lipinski definition) is 1. The van der Waals surface area contributed by atoms with Crippen molar-refractivity contribution in [2.75, 3.05) is 33.0 Å². The molecular weight excluding hydrogens is 214 g/mol. The molecule has 0 aliphatic carbocycles. The molecule has 94 valence electrons. The number of hydrogen-bond acceptors (Lipinski definition) is 3. The molecule has 1 aliphatic rings. The Bertz CT molecular complexity index is 315. The standard InChI is InChI=1S/C14H21NO2/c1-2-16-9-8-15-14-11-17-10-13(14)12-6-4-3-5-7-12/h3-7,13-15H,2,8-11H2,1H3. The van der Waals surface area contributed by atoms with E-state index in [1.807, 2.05) is 6.92 Å². The summed E-state index contributed by atoms with van der Waals surface area (Å²) in [6.07, 6.45) is 0. The molecule has 1 N–H and O–H groups in total. The van der Waals surface area contributed by atoms with Crippen LogP contribution in [0.2, 0.25) is 0 Å². The fraction of sp³-hybridized carbons (Fsp3) is 0.571. The highest BCUT2D eigenvalue weighted by molar-refractivity contribution is 5.22. The molecule has 1 fully saturated rings. The zero-order valence-corrected chi connectivity index (χ0v) is 10.4. The van der Waals surface area contributed by atoms with Gasteiger partial charge >= 0.3 is 0 Å². The molecular formula is C14H21NO2. The largest absolute Gasteiger partial charge is 0.380 e. The Morgan fingerprint density at radius 2 is 2.12 bits per heavy atom. The lowest BCUT2D eigenvalue weighted by atomic mass is 9.94. The van der Waals surface area contributed by atoms with Gasteiger partial charge in [-0.15, -0.1) is 0 Å². The second kappa shape index (κ2) is 6.74. The van der Waals surface area contributed by atoms with Gasteiger partial charge in [0.05, 0.1) is 19.8 Å². The second-order valence-electron chi connectivity index (χ2n) is 4.31. The van der Waals surface area contributed by atoms with Crippen LogP contribution in [0.3, 0.4) is 0 Å². The Balaban J connectivity index is 1.85. The average Bonchev–Trinajstić information content (AvgIpc) is 2.84. The van der Waals surface area contributed by atoms with Gasteiger partial charge in [0, 0.05) is 25.1 Å². The zero-order chi connectivity index (χ0) is 11.9. The molecule has 1 heterocycles. The van der Waals surface area contributed by atoms with E-state index in [2.05, 4.69) is 35.6 Å². The molecule has 3 nitrogen and oxygen atoms in total. The Morgan fingerprint density at radius 1 is 1.29 bits per heavy atom. The number of rotatable bonds is 6. The summed E-state index contributed by atoms with van der Waals surface area (Å²) >= 11 is 0. The number of nitrogens with one attached hydrogen (secondary N) is 1. The normalized spacial score (nSPS) is 24.1. The van der Waals surface area contributed by atoms with Crippen molar-refractivity contribution in [3.8, 4) is 0 Å². The fourth-order valence-electron chi connectivity index (χ4n) is 2.25. The van der Waals surface area contributed by atoms with Crippen molar-refractivity contribution in [1.82, 2.24) is 5.32 Å². The van der Waals surface area contributed by atoms with Crippen molar-refractivity contribution in [2.45, 2.75) is 18.9 Å². The summed E-state index contributed by atoms with van der Waals surface area (Å²) in [5.74, 6) is 0.470. The summed E-state index contributed by atoms with van der Waals surface area (Å²) in [6, 6.07) is 11.0. The van der Waals surface area contributed by atoms with E-state index in [9.17, 15) is 0 Å². The van der Waals surface area contributed by atoms with E-state index in [1.165, 1.54) is 5.56 Å². The van der Waals surface area contributed by atoms with Gasteiger partial charge in [-0.1, -0.05) is 30.3 Å². The highest BCUT2D eigenvalue weighted by atomic mass is 16.5. The van der Waals surface area contributed by atoms with Gasteiger partial charge in [0.15, 0.2) is 0 Å². The van der Waals surface area contributed by atoms with Crippen LogP contribution in [0.1, 0.15) is 18.4 Å². The highest BCUT2D eigenvalue weighted by Crippen LogP contribution is 2.25. The molecule has 2 rings (SSSR count). The van der Waals surface area contributed by atoms with Crippen LogP contribution in [0.5, 0.6) is 0 Å². The predicted molar refractivity (Wildman–Crippen MR) is 68.3 cm³/mol. The van der Waals surface area contributed by atoms with E-state index in [0.29, 0.717) is 12.0 Å². The third-order valence-corrected chi connectivity index (χ3v) is 3.17. The van der Waals surface area contributed by atoms with E-state index < -0.39 is 0 Å². The molecule has 1 aromatic rings. The predicted octanol–water partition coefficient (Wildman–Crippen LogP) is 1.80. The number of benzene rings is 1. The fourth-order valence-corrected chi connectivity index (χ4v) is 2.25. The lowest BCUT2D eigenvalue weighted by Gasteiger charge is -2.19. The van der Waals surface area contributed by atoms with E-state index in [1.54, 1.807) is 0 Å². The summed E-state index contributed by atoms with van der Waals surface area (Å²) in [5.41, 5.74) is 1.36. The molecule has 0 amide bonds. The summed E-state index contributed by atoms with van der Waals surface area (Å²) in [6.45, 7) is 6.08. The van der Waals surface area contributed by atoms with Gasteiger partial charge in [-0.3, -0.25) is 0 Å². The monoisotopic (exact) mass is 235 g/mol. The van der Waals surface area contributed by atoms with Gasteiger partial charge in [-0.2, -0.15) is 0 Å². The Labute approximate surface area is 103 Å². The molecule has 0 radical (unpaired) electrons. The summed E-state index contributed by atoms with van der Waals surface area (Å²) in [5, 5.41) is 3.51. The summed E-state index contributed by atoms with van der Waals surface area (Å²) in [4.78, 5) is 0. The summed E-state index contributed by atoms with van der Waals surface area (Å²) < 4.78 is 10.9. The molecule has 0 saturated carbocycles. The first-order valence-corrected chi connectivity index (χ1v) is 6.35. The van der Waals surface area contributed by atoms with Crippen molar-refractivity contribution in [3.63, 3.8) is 0 Å². The third-order valence-electron chi connectivity index (χ3n) is 3.17. The van der Waals surface area contributed by atoms with E-state index in [0.717, 1.165) is 33.0 Å². The van der Waals surface area contributed by atoms with Gasteiger partial charge in [0.25, 0.3) is 0 Å². The Kier molecular flexibility index (Phi) is 4.98. The van der Waals surface area contributed by atoms with Gasteiger partial charge < -0.3 is 14.8 Å². The van der Waals surface area contributed by atoms with Gasteiger partial charge in [0.2, 0.25) is 0 Å². The number of ether oxygens (including phenoxy) is 2. The Morgan fingerprint density at radius 3 is 2.88 bits per heavy atom. The molecule has 2 atom stereocenters. The van der Waals surface area contributed by atoms with Crippen LogP contribution in [-0.4, -0.2) is 39.0 Å². The molecule has 3 heteroatoms. The third kappa shape index (κ3) is 3.53. The molecule has 1 saturated heterocycles. The van der Waals surface area contributed by atoms with Crippen LogP contribution in [0.25, 0.3) is 0 Å². The van der Waals surface area contributed by atoms with Crippen LogP contribution in [0, 0.1) is 0 Å². The van der Waals surface area contributed by atoms with Crippen LogP contribution in [-0.2, 0) is 9.47 Å². The topological polar surface area (TPSA) is 30.5 Å². The minimum Gasteiger partial charge on any atom is -0.380 e. The molecule has 17 heavy (non-hydrogen) atoms. The van der Waals surface area contributed by atoms with Crippen molar-refractivity contribution in [3.05, 3.63) is 35.9 Å². The molecule has 0 aromatic heterocycles. The first kappa shape index (κ1) is 12.6. The first-order chi connectivity index (χ1) is 8.42. The smallest absolute Gasteiger partial charge is 0.0626 e. The summed E-state index contributed by atoms with van der Waals surface area (Å²) in [7, 11) is 0. The second-order valence-corrected chi connectivity index (χ2v) is 4.31. The van der Waals surface area contributed by atoms with Crippen LogP contribution >= 0.6 is 0 Å². The zero-order valence-electron chi connectivity index (χ0n) is 10.4. The van der Waals surface area contributed by atoms with Crippen molar-refractivity contribution < 1.29 is 9.47 Å². The average molecular weight is 235 g/mol. The van der Waals surface area contributed by atoms with Crippen LogP contribution < -0.4 is 5.32 Å². The molecule has 2 unspecified atom stereocenters. The Hall–Kier alpha value is -0.900. The minimum absolute atomic E-state index is 0.415. The van der Waals surface area contributed by atoms with Gasteiger partial charge in [-0.05, 0) is 12.5 Å². The lowest BCUT2D eigenvalue weighted by Crippen LogP contribution is -2.36. The first-order valence-electron chi connectivity index (χ1n) is 6.35. The molecule has 0 spiro atoms. The maximum atomic E-state index is 5.58. The minimum atomic E-state index is 0.415. The van der Waals surface area contributed by atoms with Crippen molar-refractivity contribution in [2.24, 2.45) is 0 Å². The van der Waals surface area contributed by atoms with Gasteiger partial charge in [-0.25, -0.2) is 0 Å².